The molecule has 1 aromatic heterocycles. The highest BCUT2D eigenvalue weighted by atomic mass is 19.1. The van der Waals surface area contributed by atoms with Gasteiger partial charge in [-0.1, -0.05) is 0 Å². The van der Waals surface area contributed by atoms with Crippen molar-refractivity contribution in [2.24, 2.45) is 0 Å². The zero-order valence-electron chi connectivity index (χ0n) is 15.5. The van der Waals surface area contributed by atoms with Crippen molar-refractivity contribution in [1.82, 2.24) is 9.97 Å². The summed E-state index contributed by atoms with van der Waals surface area (Å²) in [5, 5.41) is 6.12. The van der Waals surface area contributed by atoms with Gasteiger partial charge in [-0.3, -0.25) is 0 Å². The second-order valence-corrected chi connectivity index (χ2v) is 6.80. The van der Waals surface area contributed by atoms with E-state index in [9.17, 15) is 8.78 Å². The summed E-state index contributed by atoms with van der Waals surface area (Å²) in [5.41, 5.74) is 2.27. The smallest absolute Gasteiger partial charge is 0.149 e. The number of halogens is 2. The topological polar surface area (TPSA) is 53.1 Å². The molecule has 0 amide bonds. The minimum absolute atomic E-state index is 0.153. The van der Waals surface area contributed by atoms with E-state index >= 15 is 0 Å². The van der Waals surface area contributed by atoms with Crippen LogP contribution in [-0.2, 0) is 0 Å². The highest BCUT2D eigenvalue weighted by molar-refractivity contribution is 5.65. The minimum atomic E-state index is -0.678. The summed E-state index contributed by atoms with van der Waals surface area (Å²) in [7, 11) is 0. The number of benzene rings is 2. The van der Waals surface area contributed by atoms with Gasteiger partial charge in [-0.05, 0) is 56.2 Å². The van der Waals surface area contributed by atoms with E-state index in [4.69, 9.17) is 0 Å². The van der Waals surface area contributed by atoms with Gasteiger partial charge in [-0.2, -0.15) is 0 Å². The number of aromatic nitrogens is 2. The lowest BCUT2D eigenvalue weighted by Gasteiger charge is -2.18. The molecule has 7 heteroatoms. The molecule has 0 unspecified atom stereocenters. The third-order valence-corrected chi connectivity index (χ3v) is 4.64. The molecular formula is C21H21F2N5. The Labute approximate surface area is 162 Å². The van der Waals surface area contributed by atoms with Crippen LogP contribution in [0.3, 0.4) is 0 Å². The fourth-order valence-electron chi connectivity index (χ4n) is 3.30. The molecular weight excluding hydrogens is 360 g/mol. The maximum Gasteiger partial charge on any atom is 0.149 e. The Morgan fingerprint density at radius 3 is 2.21 bits per heavy atom. The predicted octanol–water partition coefficient (Wildman–Crippen LogP) is 5.15. The maximum atomic E-state index is 13.9. The van der Waals surface area contributed by atoms with Crippen LogP contribution < -0.4 is 15.5 Å². The number of hydrogen-bond acceptors (Lipinski definition) is 5. The van der Waals surface area contributed by atoms with Crippen LogP contribution >= 0.6 is 0 Å². The van der Waals surface area contributed by atoms with Crippen LogP contribution in [0, 0.1) is 18.6 Å². The number of rotatable bonds is 5. The summed E-state index contributed by atoms with van der Waals surface area (Å²) in [5.74, 6) is 0.245. The highest BCUT2D eigenvalue weighted by Gasteiger charge is 2.12. The molecule has 144 valence electrons. The molecule has 2 heterocycles. The Hall–Kier alpha value is -3.22. The van der Waals surface area contributed by atoms with E-state index in [1.54, 1.807) is 13.0 Å². The predicted molar refractivity (Wildman–Crippen MR) is 108 cm³/mol. The Bertz CT molecular complexity index is 969. The van der Waals surface area contributed by atoms with E-state index in [0.29, 0.717) is 17.5 Å². The van der Waals surface area contributed by atoms with Gasteiger partial charge in [0, 0.05) is 36.6 Å². The summed E-state index contributed by atoms with van der Waals surface area (Å²) < 4.78 is 27.0. The monoisotopic (exact) mass is 381 g/mol. The van der Waals surface area contributed by atoms with Crippen LogP contribution in [-0.4, -0.2) is 23.1 Å². The Kier molecular flexibility index (Phi) is 5.06. The molecule has 1 aliphatic heterocycles. The van der Waals surface area contributed by atoms with Gasteiger partial charge in [0.15, 0.2) is 0 Å². The molecule has 2 aromatic carbocycles. The van der Waals surface area contributed by atoms with E-state index in [2.05, 4.69) is 37.6 Å². The molecule has 3 aromatic rings. The first kappa shape index (κ1) is 18.2. The van der Waals surface area contributed by atoms with Crippen molar-refractivity contribution in [2.45, 2.75) is 19.8 Å². The Morgan fingerprint density at radius 2 is 1.54 bits per heavy atom. The molecule has 0 atom stereocenters. The largest absolute Gasteiger partial charge is 0.372 e. The number of aryl methyl sites for hydroxylation is 1. The number of hydrogen-bond donors (Lipinski definition) is 2. The Balaban J connectivity index is 1.50. The maximum absolute atomic E-state index is 13.9. The third kappa shape index (κ3) is 4.19. The normalized spacial score (nSPS) is 13.6. The third-order valence-electron chi connectivity index (χ3n) is 4.64. The highest BCUT2D eigenvalue weighted by Crippen LogP contribution is 2.25. The van der Waals surface area contributed by atoms with Crippen molar-refractivity contribution in [3.05, 3.63) is 66.0 Å². The van der Waals surface area contributed by atoms with Gasteiger partial charge in [0.05, 0.1) is 5.69 Å². The van der Waals surface area contributed by atoms with Gasteiger partial charge >= 0.3 is 0 Å². The molecule has 1 saturated heterocycles. The molecule has 0 radical (unpaired) electrons. The van der Waals surface area contributed by atoms with Crippen molar-refractivity contribution in [3.63, 3.8) is 0 Å². The minimum Gasteiger partial charge on any atom is -0.372 e. The summed E-state index contributed by atoms with van der Waals surface area (Å²) >= 11 is 0. The van der Waals surface area contributed by atoms with Gasteiger partial charge in [0.25, 0.3) is 0 Å². The summed E-state index contributed by atoms with van der Waals surface area (Å²) in [4.78, 5) is 11.0. The van der Waals surface area contributed by atoms with Gasteiger partial charge in [-0.15, -0.1) is 0 Å². The van der Waals surface area contributed by atoms with Crippen LogP contribution in [0.25, 0.3) is 0 Å². The van der Waals surface area contributed by atoms with Crippen molar-refractivity contribution in [2.75, 3.05) is 28.6 Å². The summed E-state index contributed by atoms with van der Waals surface area (Å²) in [6.07, 6.45) is 2.48. The SMILES string of the molecule is Cc1nc(Nc2ccc(N3CCCC3)cc2)cc(Nc2ccc(F)cc2F)n1. The molecule has 0 bridgehead atoms. The van der Waals surface area contributed by atoms with Gasteiger partial charge < -0.3 is 15.5 Å². The fourth-order valence-corrected chi connectivity index (χ4v) is 3.30. The zero-order chi connectivity index (χ0) is 19.5. The molecule has 0 saturated carbocycles. The fraction of sp³-hybridized carbons (Fsp3) is 0.238. The molecule has 0 aliphatic carbocycles. The van der Waals surface area contributed by atoms with Crippen molar-refractivity contribution >= 4 is 28.7 Å². The van der Waals surface area contributed by atoms with Crippen molar-refractivity contribution in [1.29, 1.82) is 0 Å². The second kappa shape index (κ2) is 7.80. The zero-order valence-corrected chi connectivity index (χ0v) is 15.5. The van der Waals surface area contributed by atoms with Crippen LogP contribution in [0.15, 0.2) is 48.5 Å². The van der Waals surface area contributed by atoms with Crippen LogP contribution in [0.4, 0.5) is 37.5 Å². The lowest BCUT2D eigenvalue weighted by Crippen LogP contribution is -2.17. The van der Waals surface area contributed by atoms with E-state index in [1.165, 1.54) is 30.7 Å². The van der Waals surface area contributed by atoms with Crippen molar-refractivity contribution < 1.29 is 8.78 Å². The van der Waals surface area contributed by atoms with Crippen LogP contribution in [0.5, 0.6) is 0 Å². The Morgan fingerprint density at radius 1 is 0.857 bits per heavy atom. The van der Waals surface area contributed by atoms with Crippen molar-refractivity contribution in [3.8, 4) is 0 Å². The number of nitrogens with zero attached hydrogens (tertiary/aromatic N) is 3. The number of nitrogens with one attached hydrogen (secondary N) is 2. The van der Waals surface area contributed by atoms with E-state index in [0.717, 1.165) is 24.8 Å². The molecule has 28 heavy (non-hydrogen) atoms. The first-order valence-corrected chi connectivity index (χ1v) is 9.27. The van der Waals surface area contributed by atoms with Crippen LogP contribution in [0.1, 0.15) is 18.7 Å². The average molecular weight is 381 g/mol. The second-order valence-electron chi connectivity index (χ2n) is 6.80. The molecule has 5 nitrogen and oxygen atoms in total. The van der Waals surface area contributed by atoms with E-state index in [1.807, 2.05) is 12.1 Å². The summed E-state index contributed by atoms with van der Waals surface area (Å²) in [6, 6.07) is 13.3. The van der Waals surface area contributed by atoms with Gasteiger partial charge in [0.2, 0.25) is 0 Å². The first-order chi connectivity index (χ1) is 13.6. The van der Waals surface area contributed by atoms with E-state index in [-0.39, 0.29) is 5.69 Å². The molecule has 1 aliphatic rings. The van der Waals surface area contributed by atoms with Gasteiger partial charge in [0.1, 0.15) is 29.1 Å². The quantitative estimate of drug-likeness (QED) is 0.640. The number of anilines is 5. The average Bonchev–Trinajstić information content (AvgIpc) is 3.19. The lowest BCUT2D eigenvalue weighted by molar-refractivity contribution is 0.586. The molecule has 1 fully saturated rings. The molecule has 0 spiro atoms. The standard InChI is InChI=1S/C21H21F2N5/c1-14-24-20(13-21(25-14)27-19-9-4-15(22)12-18(19)23)26-16-5-7-17(8-6-16)28-10-2-3-11-28/h4-9,12-13H,2-3,10-11H2,1H3,(H2,24,25,26,27). The summed E-state index contributed by atoms with van der Waals surface area (Å²) in [6.45, 7) is 3.97. The first-order valence-electron chi connectivity index (χ1n) is 9.27. The molecule has 2 N–H and O–H groups in total. The lowest BCUT2D eigenvalue weighted by atomic mass is 10.2. The molecule has 4 rings (SSSR count). The van der Waals surface area contributed by atoms with Gasteiger partial charge in [-0.25, -0.2) is 18.7 Å². The van der Waals surface area contributed by atoms with E-state index < -0.39 is 11.6 Å². The van der Waals surface area contributed by atoms with Crippen LogP contribution in [0.2, 0.25) is 0 Å².